The van der Waals surface area contributed by atoms with Gasteiger partial charge in [-0.25, -0.2) is 0 Å². The Labute approximate surface area is 143 Å². The van der Waals surface area contributed by atoms with E-state index in [1.165, 1.54) is 7.11 Å². The number of benzene rings is 2. The SMILES string of the molecule is COc1ccccc1C(=O)COC(=O)Cc1ccc(Cl)cc1Cl. The van der Waals surface area contributed by atoms with Gasteiger partial charge in [0.2, 0.25) is 5.78 Å². The van der Waals surface area contributed by atoms with Crippen LogP contribution in [0.1, 0.15) is 15.9 Å². The van der Waals surface area contributed by atoms with Crippen LogP contribution in [-0.2, 0) is 16.0 Å². The van der Waals surface area contributed by atoms with Crippen LogP contribution in [0.25, 0.3) is 0 Å². The highest BCUT2D eigenvalue weighted by Crippen LogP contribution is 2.22. The number of carbonyl (C=O) groups excluding carboxylic acids is 2. The molecule has 0 radical (unpaired) electrons. The van der Waals surface area contributed by atoms with E-state index < -0.39 is 5.97 Å². The molecule has 0 bridgehead atoms. The van der Waals surface area contributed by atoms with Gasteiger partial charge in [-0.1, -0.05) is 41.4 Å². The summed E-state index contributed by atoms with van der Waals surface area (Å²) in [6.07, 6.45) is -0.0325. The molecule has 0 aliphatic heterocycles. The molecule has 0 saturated carbocycles. The number of methoxy groups -OCH3 is 1. The Balaban J connectivity index is 1.95. The summed E-state index contributed by atoms with van der Waals surface area (Å²) in [7, 11) is 1.47. The van der Waals surface area contributed by atoms with Crippen molar-refractivity contribution in [3.8, 4) is 5.75 Å². The molecule has 0 amide bonds. The highest BCUT2D eigenvalue weighted by molar-refractivity contribution is 6.35. The molecular formula is C17H14Cl2O4. The van der Waals surface area contributed by atoms with Crippen molar-refractivity contribution < 1.29 is 19.1 Å². The van der Waals surface area contributed by atoms with E-state index in [2.05, 4.69) is 0 Å². The fourth-order valence-electron chi connectivity index (χ4n) is 1.97. The minimum Gasteiger partial charge on any atom is -0.496 e. The Bertz CT molecular complexity index is 728. The Kier molecular flexibility index (Phi) is 6.02. The van der Waals surface area contributed by atoms with Gasteiger partial charge in [0.25, 0.3) is 0 Å². The molecule has 6 heteroatoms. The van der Waals surface area contributed by atoms with Gasteiger partial charge in [-0.15, -0.1) is 0 Å². The lowest BCUT2D eigenvalue weighted by Crippen LogP contribution is -2.16. The summed E-state index contributed by atoms with van der Waals surface area (Å²) < 4.78 is 10.1. The second-order valence-corrected chi connectivity index (χ2v) is 5.54. The van der Waals surface area contributed by atoms with E-state index in [1.54, 1.807) is 42.5 Å². The third kappa shape index (κ3) is 4.71. The maximum Gasteiger partial charge on any atom is 0.310 e. The maximum atomic E-state index is 12.1. The largest absolute Gasteiger partial charge is 0.496 e. The van der Waals surface area contributed by atoms with Gasteiger partial charge in [0.05, 0.1) is 19.1 Å². The lowest BCUT2D eigenvalue weighted by Gasteiger charge is -2.08. The number of rotatable bonds is 6. The Morgan fingerprint density at radius 3 is 2.52 bits per heavy atom. The van der Waals surface area contributed by atoms with E-state index in [0.717, 1.165) is 0 Å². The normalized spacial score (nSPS) is 10.2. The van der Waals surface area contributed by atoms with Crippen molar-refractivity contribution in [2.24, 2.45) is 0 Å². The van der Waals surface area contributed by atoms with Crippen LogP contribution in [0.5, 0.6) is 5.75 Å². The molecule has 0 heterocycles. The summed E-state index contributed by atoms with van der Waals surface area (Å²) in [6.45, 7) is -0.357. The van der Waals surface area contributed by atoms with E-state index in [-0.39, 0.29) is 18.8 Å². The number of ether oxygens (including phenoxy) is 2. The first-order valence-electron chi connectivity index (χ1n) is 6.77. The Morgan fingerprint density at radius 2 is 1.83 bits per heavy atom. The number of esters is 1. The standard InChI is InChI=1S/C17H14Cl2O4/c1-22-16-5-3-2-4-13(16)15(20)10-23-17(21)8-11-6-7-12(18)9-14(11)19/h2-7,9H,8,10H2,1H3. The number of hydrogen-bond donors (Lipinski definition) is 0. The lowest BCUT2D eigenvalue weighted by atomic mass is 10.1. The molecule has 0 aliphatic rings. The molecule has 4 nitrogen and oxygen atoms in total. The van der Waals surface area contributed by atoms with Gasteiger partial charge in [-0.2, -0.15) is 0 Å². The molecular weight excluding hydrogens is 339 g/mol. The highest BCUT2D eigenvalue weighted by atomic mass is 35.5. The van der Waals surface area contributed by atoms with Crippen LogP contribution in [0, 0.1) is 0 Å². The summed E-state index contributed by atoms with van der Waals surface area (Å²) in [5.74, 6) is -0.440. The second-order valence-electron chi connectivity index (χ2n) is 4.70. The van der Waals surface area contributed by atoms with Crippen molar-refractivity contribution in [2.45, 2.75) is 6.42 Å². The molecule has 0 N–H and O–H groups in total. The average Bonchev–Trinajstić information content (AvgIpc) is 2.55. The maximum absolute atomic E-state index is 12.1. The molecule has 0 saturated heterocycles. The van der Waals surface area contributed by atoms with Crippen molar-refractivity contribution in [3.63, 3.8) is 0 Å². The first-order valence-corrected chi connectivity index (χ1v) is 7.52. The van der Waals surface area contributed by atoms with Crippen LogP contribution in [0.4, 0.5) is 0 Å². The monoisotopic (exact) mass is 352 g/mol. The number of carbonyl (C=O) groups is 2. The molecule has 23 heavy (non-hydrogen) atoms. The molecule has 0 aromatic heterocycles. The van der Waals surface area contributed by atoms with Gasteiger partial charge in [-0.3, -0.25) is 9.59 Å². The van der Waals surface area contributed by atoms with Gasteiger partial charge < -0.3 is 9.47 Å². The summed E-state index contributed by atoms with van der Waals surface area (Å²) in [5, 5.41) is 0.865. The lowest BCUT2D eigenvalue weighted by molar-refractivity contribution is -0.141. The molecule has 0 spiro atoms. The number of halogens is 2. The van der Waals surface area contributed by atoms with Crippen molar-refractivity contribution in [1.82, 2.24) is 0 Å². The topological polar surface area (TPSA) is 52.6 Å². The molecule has 0 atom stereocenters. The zero-order valence-corrected chi connectivity index (χ0v) is 13.9. The first-order chi connectivity index (χ1) is 11.0. The third-order valence-electron chi connectivity index (χ3n) is 3.12. The minimum atomic E-state index is -0.544. The van der Waals surface area contributed by atoms with Crippen molar-refractivity contribution in [3.05, 3.63) is 63.6 Å². The van der Waals surface area contributed by atoms with E-state index in [9.17, 15) is 9.59 Å². The zero-order valence-electron chi connectivity index (χ0n) is 12.3. The number of para-hydroxylation sites is 1. The van der Waals surface area contributed by atoms with Gasteiger partial charge >= 0.3 is 5.97 Å². The van der Waals surface area contributed by atoms with Crippen LogP contribution in [0.3, 0.4) is 0 Å². The Morgan fingerprint density at radius 1 is 1.09 bits per heavy atom. The van der Waals surface area contributed by atoms with Crippen LogP contribution in [0.2, 0.25) is 10.0 Å². The molecule has 2 rings (SSSR count). The van der Waals surface area contributed by atoms with E-state index in [1.807, 2.05) is 0 Å². The van der Waals surface area contributed by atoms with Crippen LogP contribution in [-0.4, -0.2) is 25.5 Å². The van der Waals surface area contributed by atoms with Gasteiger partial charge in [0.1, 0.15) is 5.75 Å². The smallest absolute Gasteiger partial charge is 0.310 e. The number of Topliss-reactive ketones (excluding diaryl/α,β-unsaturated/α-hetero) is 1. The summed E-state index contributed by atoms with van der Waals surface area (Å²) in [6, 6.07) is 11.6. The Hall–Kier alpha value is -2.04. The zero-order chi connectivity index (χ0) is 16.8. The molecule has 0 aliphatic carbocycles. The number of ketones is 1. The van der Waals surface area contributed by atoms with E-state index >= 15 is 0 Å². The van der Waals surface area contributed by atoms with Gasteiger partial charge in [0, 0.05) is 10.0 Å². The highest BCUT2D eigenvalue weighted by Gasteiger charge is 2.15. The van der Waals surface area contributed by atoms with Crippen LogP contribution in [0.15, 0.2) is 42.5 Å². The fraction of sp³-hybridized carbons (Fsp3) is 0.176. The predicted molar refractivity (Wildman–Crippen MR) is 88.4 cm³/mol. The van der Waals surface area contributed by atoms with E-state index in [0.29, 0.717) is 26.9 Å². The van der Waals surface area contributed by atoms with Gasteiger partial charge in [-0.05, 0) is 29.8 Å². The van der Waals surface area contributed by atoms with Crippen LogP contribution >= 0.6 is 23.2 Å². The van der Waals surface area contributed by atoms with Gasteiger partial charge in [0.15, 0.2) is 6.61 Å². The average molecular weight is 353 g/mol. The van der Waals surface area contributed by atoms with Crippen molar-refractivity contribution in [2.75, 3.05) is 13.7 Å². The summed E-state index contributed by atoms with van der Waals surface area (Å²) >= 11 is 11.8. The molecule has 2 aromatic rings. The number of hydrogen-bond acceptors (Lipinski definition) is 4. The minimum absolute atomic E-state index is 0.0325. The summed E-state index contributed by atoms with van der Waals surface area (Å²) in [5.41, 5.74) is 0.957. The first kappa shape index (κ1) is 17.3. The predicted octanol–water partition coefficient (Wildman–Crippen LogP) is 3.97. The second kappa shape index (κ2) is 7.99. The molecule has 0 fully saturated rings. The molecule has 2 aromatic carbocycles. The summed E-state index contributed by atoms with van der Waals surface area (Å²) in [4.78, 5) is 23.9. The third-order valence-corrected chi connectivity index (χ3v) is 3.71. The van der Waals surface area contributed by atoms with Crippen molar-refractivity contribution >= 4 is 35.0 Å². The van der Waals surface area contributed by atoms with Crippen LogP contribution < -0.4 is 4.74 Å². The van der Waals surface area contributed by atoms with E-state index in [4.69, 9.17) is 32.7 Å². The molecule has 0 unspecified atom stereocenters. The fourth-order valence-corrected chi connectivity index (χ4v) is 2.45. The quantitative estimate of drug-likeness (QED) is 0.583. The van der Waals surface area contributed by atoms with Crippen molar-refractivity contribution in [1.29, 1.82) is 0 Å². The molecule has 120 valence electrons.